The van der Waals surface area contributed by atoms with Gasteiger partial charge in [0.15, 0.2) is 0 Å². The van der Waals surface area contributed by atoms with Gasteiger partial charge in [-0.05, 0) is 36.4 Å². The lowest BCUT2D eigenvalue weighted by molar-refractivity contribution is 0.0955. The van der Waals surface area contributed by atoms with Crippen LogP contribution < -0.4 is 10.2 Å². The number of carbonyl (C=O) groups excluding carboxylic acids is 1. The second kappa shape index (κ2) is 10.5. The molecule has 0 aliphatic carbocycles. The van der Waals surface area contributed by atoms with Crippen molar-refractivity contribution in [3.05, 3.63) is 138 Å². The molecule has 0 spiro atoms. The highest BCUT2D eigenvalue weighted by Crippen LogP contribution is 2.24. The van der Waals surface area contributed by atoms with Gasteiger partial charge in [0.1, 0.15) is 11.4 Å². The smallest absolute Gasteiger partial charge is 0.275 e. The normalized spacial score (nSPS) is 11.2. The number of nitrogens with one attached hydrogen (secondary N) is 1. The van der Waals surface area contributed by atoms with Crippen molar-refractivity contribution in [3.63, 3.8) is 0 Å². The van der Waals surface area contributed by atoms with Crippen LogP contribution in [0.2, 0.25) is 0 Å². The molecule has 6 heteroatoms. The average Bonchev–Trinajstić information content (AvgIpc) is 3.41. The largest absolute Gasteiger partial charge is 0.497 e. The van der Waals surface area contributed by atoms with E-state index in [0.717, 1.165) is 28.1 Å². The molecule has 0 fully saturated rings. The number of aromatic nitrogens is 2. The maximum absolute atomic E-state index is 13.5. The van der Waals surface area contributed by atoms with E-state index < -0.39 is 0 Å². The van der Waals surface area contributed by atoms with Gasteiger partial charge in [-0.2, -0.15) is 10.2 Å². The zero-order valence-electron chi connectivity index (χ0n) is 19.7. The first-order chi connectivity index (χ1) is 17.7. The molecule has 6 nitrogen and oxygen atoms in total. The molecule has 0 unspecified atom stereocenters. The van der Waals surface area contributed by atoms with Crippen molar-refractivity contribution in [1.29, 1.82) is 0 Å². The first-order valence-electron chi connectivity index (χ1n) is 11.5. The summed E-state index contributed by atoms with van der Waals surface area (Å²) in [5.74, 6) is 0.397. The van der Waals surface area contributed by atoms with Gasteiger partial charge in [-0.15, -0.1) is 0 Å². The molecule has 0 aliphatic heterocycles. The Hall–Kier alpha value is -4.97. The van der Waals surface area contributed by atoms with Crippen LogP contribution in [0.1, 0.15) is 21.5 Å². The Morgan fingerprint density at radius 1 is 0.778 bits per heavy atom. The Labute approximate surface area is 209 Å². The van der Waals surface area contributed by atoms with Crippen LogP contribution >= 0.6 is 0 Å². The molecule has 0 saturated heterocycles. The summed E-state index contributed by atoms with van der Waals surface area (Å²) >= 11 is 0. The summed E-state index contributed by atoms with van der Waals surface area (Å²) in [6, 6.07) is 36.7. The molecule has 0 atom stereocenters. The predicted molar refractivity (Wildman–Crippen MR) is 142 cm³/mol. The van der Waals surface area contributed by atoms with Crippen molar-refractivity contribution in [2.75, 3.05) is 7.11 Å². The number of hydrogen-bond donors (Lipinski definition) is 1. The van der Waals surface area contributed by atoms with E-state index in [9.17, 15) is 4.79 Å². The molecule has 1 amide bonds. The molecule has 5 rings (SSSR count). The third kappa shape index (κ3) is 4.93. The van der Waals surface area contributed by atoms with E-state index in [2.05, 4.69) is 10.5 Å². The van der Waals surface area contributed by atoms with E-state index in [0.29, 0.717) is 17.0 Å². The third-order valence-corrected chi connectivity index (χ3v) is 5.71. The number of hydrogen-bond acceptors (Lipinski definition) is 4. The number of methoxy groups -OCH3 is 1. The minimum absolute atomic E-state index is 0.349. The van der Waals surface area contributed by atoms with Gasteiger partial charge in [-0.3, -0.25) is 4.79 Å². The average molecular weight is 473 g/mol. The predicted octanol–water partition coefficient (Wildman–Crippen LogP) is 5.73. The molecule has 1 N–H and O–H groups in total. The van der Waals surface area contributed by atoms with Gasteiger partial charge >= 0.3 is 0 Å². The number of nitrogens with zero attached hydrogens (tertiary/aromatic N) is 3. The van der Waals surface area contributed by atoms with Gasteiger partial charge in [0, 0.05) is 22.9 Å². The number of carbonyl (C=O) groups is 1. The van der Waals surface area contributed by atoms with Crippen molar-refractivity contribution < 1.29 is 9.53 Å². The Morgan fingerprint density at radius 2 is 1.36 bits per heavy atom. The zero-order chi connectivity index (χ0) is 24.7. The second-order valence-corrected chi connectivity index (χ2v) is 8.03. The van der Waals surface area contributed by atoms with Crippen LogP contribution in [0.25, 0.3) is 16.9 Å². The lowest BCUT2D eigenvalue weighted by Crippen LogP contribution is -2.21. The number of para-hydroxylation sites is 1. The maximum atomic E-state index is 13.5. The van der Waals surface area contributed by atoms with E-state index in [-0.39, 0.29) is 5.91 Å². The van der Waals surface area contributed by atoms with Gasteiger partial charge in [0.05, 0.1) is 24.1 Å². The van der Waals surface area contributed by atoms with E-state index in [1.54, 1.807) is 18.0 Å². The lowest BCUT2D eigenvalue weighted by atomic mass is 10.0. The van der Waals surface area contributed by atoms with Gasteiger partial charge in [-0.25, -0.2) is 10.1 Å². The van der Waals surface area contributed by atoms with Crippen LogP contribution in [0, 0.1) is 0 Å². The van der Waals surface area contributed by atoms with Crippen molar-refractivity contribution in [1.82, 2.24) is 15.2 Å². The first kappa shape index (κ1) is 22.8. The topological polar surface area (TPSA) is 68.5 Å². The molecule has 0 aliphatic rings. The summed E-state index contributed by atoms with van der Waals surface area (Å²) < 4.78 is 7.00. The Bertz CT molecular complexity index is 1480. The van der Waals surface area contributed by atoms with Gasteiger partial charge < -0.3 is 4.74 Å². The van der Waals surface area contributed by atoms with Gasteiger partial charge in [0.25, 0.3) is 5.91 Å². The fraction of sp³-hybridized carbons (Fsp3) is 0.0333. The molecule has 0 bridgehead atoms. The van der Waals surface area contributed by atoms with Crippen LogP contribution in [0.5, 0.6) is 5.75 Å². The number of hydrazone groups is 1. The first-order valence-corrected chi connectivity index (χ1v) is 11.5. The summed E-state index contributed by atoms with van der Waals surface area (Å²) in [4.78, 5) is 13.5. The number of amides is 1. The highest BCUT2D eigenvalue weighted by Gasteiger charge is 2.19. The van der Waals surface area contributed by atoms with E-state index in [1.807, 2.05) is 115 Å². The van der Waals surface area contributed by atoms with Crippen LogP contribution in [0.4, 0.5) is 0 Å². The van der Waals surface area contributed by atoms with Gasteiger partial charge in [0.2, 0.25) is 0 Å². The molecular weight excluding hydrogens is 448 g/mol. The summed E-state index contributed by atoms with van der Waals surface area (Å²) in [5, 5.41) is 9.28. The van der Waals surface area contributed by atoms with Crippen LogP contribution in [0.3, 0.4) is 0 Å². The molecule has 36 heavy (non-hydrogen) atoms. The molecule has 4 aromatic carbocycles. The van der Waals surface area contributed by atoms with Crippen LogP contribution in [0.15, 0.2) is 127 Å². The highest BCUT2D eigenvalue weighted by molar-refractivity contribution is 6.13. The molecule has 1 heterocycles. The second-order valence-electron chi connectivity index (χ2n) is 8.03. The third-order valence-electron chi connectivity index (χ3n) is 5.71. The van der Waals surface area contributed by atoms with Crippen LogP contribution in [-0.2, 0) is 0 Å². The standard InChI is InChI=1S/C30H24N4O2/c1-36-26-19-17-24(18-20-26)28(22-11-5-2-6-12-22)31-32-30(35)27-21-34(25-15-9-4-10-16-25)33-29(27)23-13-7-3-8-14-23/h2-21H,1H3,(H,32,35). The summed E-state index contributed by atoms with van der Waals surface area (Å²) in [7, 11) is 1.63. The van der Waals surface area contributed by atoms with E-state index in [1.165, 1.54) is 0 Å². The molecule has 176 valence electrons. The monoisotopic (exact) mass is 472 g/mol. The summed E-state index contributed by atoms with van der Waals surface area (Å²) in [6.45, 7) is 0. The van der Waals surface area contributed by atoms with E-state index >= 15 is 0 Å². The van der Waals surface area contributed by atoms with Crippen molar-refractivity contribution in [3.8, 4) is 22.7 Å². The minimum atomic E-state index is -0.349. The molecule has 5 aromatic rings. The fourth-order valence-corrected chi connectivity index (χ4v) is 3.87. The summed E-state index contributed by atoms with van der Waals surface area (Å²) in [5.41, 5.74) is 7.86. The Kier molecular flexibility index (Phi) is 6.67. The van der Waals surface area contributed by atoms with Crippen LogP contribution in [-0.4, -0.2) is 28.5 Å². The van der Waals surface area contributed by atoms with E-state index in [4.69, 9.17) is 9.84 Å². The highest BCUT2D eigenvalue weighted by atomic mass is 16.5. The van der Waals surface area contributed by atoms with Crippen molar-refractivity contribution in [2.45, 2.75) is 0 Å². The molecule has 1 aromatic heterocycles. The molecule has 0 saturated carbocycles. The lowest BCUT2D eigenvalue weighted by Gasteiger charge is -2.09. The molecule has 0 radical (unpaired) electrons. The fourth-order valence-electron chi connectivity index (χ4n) is 3.87. The minimum Gasteiger partial charge on any atom is -0.497 e. The van der Waals surface area contributed by atoms with Crippen molar-refractivity contribution in [2.24, 2.45) is 5.10 Å². The number of rotatable bonds is 7. The SMILES string of the molecule is COc1ccc(C(=NNC(=O)c2cn(-c3ccccc3)nc2-c2ccccc2)c2ccccc2)cc1. The molecular formula is C30H24N4O2. The Balaban J connectivity index is 1.53. The zero-order valence-corrected chi connectivity index (χ0v) is 19.7. The number of benzene rings is 4. The summed E-state index contributed by atoms with van der Waals surface area (Å²) in [6.07, 6.45) is 1.73. The quantitative estimate of drug-likeness (QED) is 0.243. The number of ether oxygens (including phenoxy) is 1. The van der Waals surface area contributed by atoms with Crippen molar-refractivity contribution >= 4 is 11.6 Å². The Morgan fingerprint density at radius 3 is 2.00 bits per heavy atom. The maximum Gasteiger partial charge on any atom is 0.275 e. The van der Waals surface area contributed by atoms with Gasteiger partial charge in [-0.1, -0.05) is 78.9 Å².